The van der Waals surface area contributed by atoms with Crippen molar-refractivity contribution in [3.05, 3.63) is 46.9 Å². The molecule has 6 nitrogen and oxygen atoms in total. The second-order valence-corrected chi connectivity index (χ2v) is 6.61. The lowest BCUT2D eigenvalue weighted by molar-refractivity contribution is -0.137. The van der Waals surface area contributed by atoms with Crippen molar-refractivity contribution in [2.24, 2.45) is 0 Å². The number of alkyl halides is 3. The molecule has 0 radical (unpaired) electrons. The molecule has 3 rings (SSSR count). The van der Waals surface area contributed by atoms with Gasteiger partial charge in [-0.05, 0) is 25.2 Å². The van der Waals surface area contributed by atoms with Gasteiger partial charge in [0.25, 0.3) is 5.91 Å². The van der Waals surface area contributed by atoms with E-state index in [2.05, 4.69) is 20.2 Å². The van der Waals surface area contributed by atoms with Crippen molar-refractivity contribution in [3.63, 3.8) is 0 Å². The molecule has 1 aromatic heterocycles. The number of halogens is 4. The van der Waals surface area contributed by atoms with Gasteiger partial charge in [0.1, 0.15) is 17.8 Å². The summed E-state index contributed by atoms with van der Waals surface area (Å²) in [7, 11) is 1.98. The smallest absolute Gasteiger partial charge is 0.340 e. The van der Waals surface area contributed by atoms with Crippen LogP contribution in [0.1, 0.15) is 16.1 Å². The van der Waals surface area contributed by atoms with Crippen LogP contribution in [0.5, 0.6) is 0 Å². The molecule has 0 unspecified atom stereocenters. The molecule has 1 aromatic carbocycles. The fraction of sp³-hybridized carbons (Fsp3) is 0.353. The van der Waals surface area contributed by atoms with Crippen LogP contribution in [-0.2, 0) is 6.18 Å². The molecular formula is C17H17ClF3N5O. The SMILES string of the molecule is CN1CCN(C(=O)c2cc(Nc3ccc(Cl)c(C(F)(F)F)c3)ncn2)CC1. The number of benzene rings is 1. The molecule has 1 fully saturated rings. The number of likely N-dealkylation sites (N-methyl/N-ethyl adjacent to an activating group) is 1. The van der Waals surface area contributed by atoms with Gasteiger partial charge in [-0.1, -0.05) is 11.6 Å². The Kier molecular flexibility index (Phi) is 5.52. The zero-order valence-corrected chi connectivity index (χ0v) is 15.2. The molecule has 1 aliphatic rings. The molecule has 0 aliphatic carbocycles. The predicted molar refractivity (Wildman–Crippen MR) is 95.2 cm³/mol. The van der Waals surface area contributed by atoms with E-state index in [-0.39, 0.29) is 28.1 Å². The monoisotopic (exact) mass is 399 g/mol. The molecule has 0 spiro atoms. The minimum absolute atomic E-state index is 0.156. The van der Waals surface area contributed by atoms with Crippen LogP contribution in [0.3, 0.4) is 0 Å². The Bertz CT molecular complexity index is 838. The number of rotatable bonds is 3. The van der Waals surface area contributed by atoms with Crippen LogP contribution in [0.4, 0.5) is 24.7 Å². The van der Waals surface area contributed by atoms with E-state index in [0.29, 0.717) is 13.1 Å². The highest BCUT2D eigenvalue weighted by Gasteiger charge is 2.33. The molecule has 1 amide bonds. The van der Waals surface area contributed by atoms with Gasteiger partial charge in [0.15, 0.2) is 0 Å². The van der Waals surface area contributed by atoms with Gasteiger partial charge in [0.2, 0.25) is 0 Å². The highest BCUT2D eigenvalue weighted by Crippen LogP contribution is 2.36. The molecule has 2 aromatic rings. The number of carbonyl (C=O) groups is 1. The Hall–Kier alpha value is -2.39. The van der Waals surface area contributed by atoms with E-state index in [1.165, 1.54) is 18.5 Å². The summed E-state index contributed by atoms with van der Waals surface area (Å²) in [5.74, 6) is -0.0152. The lowest BCUT2D eigenvalue weighted by Crippen LogP contribution is -2.47. The average molecular weight is 400 g/mol. The van der Waals surface area contributed by atoms with Crippen LogP contribution in [0.25, 0.3) is 0 Å². The van der Waals surface area contributed by atoms with E-state index in [1.54, 1.807) is 4.90 Å². The molecule has 0 bridgehead atoms. The second kappa shape index (κ2) is 7.69. The van der Waals surface area contributed by atoms with Gasteiger partial charge < -0.3 is 15.1 Å². The Balaban J connectivity index is 1.77. The van der Waals surface area contributed by atoms with Gasteiger partial charge in [0, 0.05) is 37.9 Å². The first kappa shape index (κ1) is 19.4. The number of anilines is 2. The van der Waals surface area contributed by atoms with Crippen molar-refractivity contribution in [1.29, 1.82) is 0 Å². The number of piperazine rings is 1. The first-order chi connectivity index (χ1) is 12.7. The van der Waals surface area contributed by atoms with Crippen molar-refractivity contribution >= 4 is 29.0 Å². The zero-order valence-electron chi connectivity index (χ0n) is 14.4. The number of nitrogens with zero attached hydrogens (tertiary/aromatic N) is 4. The highest BCUT2D eigenvalue weighted by atomic mass is 35.5. The standard InChI is InChI=1S/C17H17ClF3N5O/c1-25-4-6-26(7-5-25)16(27)14-9-15(23-10-22-14)24-11-2-3-13(18)12(8-11)17(19,20)21/h2-3,8-10H,4-7H2,1H3,(H,22,23,24). The molecule has 1 aliphatic heterocycles. The van der Waals surface area contributed by atoms with Crippen molar-refractivity contribution < 1.29 is 18.0 Å². The van der Waals surface area contributed by atoms with Crippen molar-refractivity contribution in [3.8, 4) is 0 Å². The first-order valence-corrected chi connectivity index (χ1v) is 8.55. The van der Waals surface area contributed by atoms with Gasteiger partial charge in [-0.25, -0.2) is 9.97 Å². The zero-order chi connectivity index (χ0) is 19.6. The number of amides is 1. The summed E-state index contributed by atoms with van der Waals surface area (Å²) in [4.78, 5) is 24.3. The van der Waals surface area contributed by atoms with Gasteiger partial charge in [-0.15, -0.1) is 0 Å². The minimum Gasteiger partial charge on any atom is -0.340 e. The van der Waals surface area contributed by atoms with Crippen LogP contribution >= 0.6 is 11.6 Å². The molecule has 0 saturated carbocycles. The lowest BCUT2D eigenvalue weighted by Gasteiger charge is -2.32. The summed E-state index contributed by atoms with van der Waals surface area (Å²) in [5, 5.41) is 2.37. The fourth-order valence-electron chi connectivity index (χ4n) is 2.68. The maximum absolute atomic E-state index is 13.0. The summed E-state index contributed by atoms with van der Waals surface area (Å²) in [6, 6.07) is 4.88. The summed E-state index contributed by atoms with van der Waals surface area (Å²) >= 11 is 5.62. The lowest BCUT2D eigenvalue weighted by atomic mass is 10.2. The molecule has 1 N–H and O–H groups in total. The van der Waals surface area contributed by atoms with Gasteiger partial charge in [0.05, 0.1) is 10.6 Å². The van der Waals surface area contributed by atoms with E-state index < -0.39 is 11.7 Å². The Morgan fingerprint density at radius 3 is 2.52 bits per heavy atom. The highest BCUT2D eigenvalue weighted by molar-refractivity contribution is 6.31. The normalized spacial score (nSPS) is 15.7. The Morgan fingerprint density at radius 2 is 1.85 bits per heavy atom. The summed E-state index contributed by atoms with van der Waals surface area (Å²) in [5.41, 5.74) is -0.609. The summed E-state index contributed by atoms with van der Waals surface area (Å²) in [6.07, 6.45) is -3.37. The predicted octanol–water partition coefficient (Wildman–Crippen LogP) is 3.28. The number of hydrogen-bond donors (Lipinski definition) is 1. The number of aromatic nitrogens is 2. The molecule has 2 heterocycles. The van der Waals surface area contributed by atoms with Crippen LogP contribution in [0, 0.1) is 0 Å². The van der Waals surface area contributed by atoms with Gasteiger partial charge in [-0.3, -0.25) is 4.79 Å². The molecule has 10 heteroatoms. The molecular weight excluding hydrogens is 383 g/mol. The molecule has 144 valence electrons. The van der Waals surface area contributed by atoms with Crippen molar-refractivity contribution in [1.82, 2.24) is 19.8 Å². The van der Waals surface area contributed by atoms with Crippen molar-refractivity contribution in [2.75, 3.05) is 38.5 Å². The average Bonchev–Trinajstić information content (AvgIpc) is 2.63. The summed E-state index contributed by atoms with van der Waals surface area (Å²) in [6.45, 7) is 2.72. The van der Waals surface area contributed by atoms with E-state index in [0.717, 1.165) is 25.2 Å². The third-order valence-electron chi connectivity index (χ3n) is 4.22. The largest absolute Gasteiger partial charge is 0.417 e. The van der Waals surface area contributed by atoms with E-state index in [1.807, 2.05) is 7.05 Å². The number of carbonyl (C=O) groups excluding carboxylic acids is 1. The van der Waals surface area contributed by atoms with Crippen LogP contribution < -0.4 is 5.32 Å². The van der Waals surface area contributed by atoms with E-state index >= 15 is 0 Å². The minimum atomic E-state index is -4.57. The second-order valence-electron chi connectivity index (χ2n) is 6.20. The van der Waals surface area contributed by atoms with Crippen LogP contribution in [-0.4, -0.2) is 58.9 Å². The Morgan fingerprint density at radius 1 is 1.15 bits per heavy atom. The van der Waals surface area contributed by atoms with Crippen LogP contribution in [0.15, 0.2) is 30.6 Å². The number of nitrogens with one attached hydrogen (secondary N) is 1. The topological polar surface area (TPSA) is 61.4 Å². The van der Waals surface area contributed by atoms with Gasteiger partial charge >= 0.3 is 6.18 Å². The third kappa shape index (κ3) is 4.67. The van der Waals surface area contributed by atoms with Crippen LogP contribution in [0.2, 0.25) is 5.02 Å². The first-order valence-electron chi connectivity index (χ1n) is 8.17. The molecule has 0 atom stereocenters. The van der Waals surface area contributed by atoms with E-state index in [4.69, 9.17) is 11.6 Å². The maximum atomic E-state index is 13.0. The van der Waals surface area contributed by atoms with Gasteiger partial charge in [-0.2, -0.15) is 13.2 Å². The quantitative estimate of drug-likeness (QED) is 0.858. The summed E-state index contributed by atoms with van der Waals surface area (Å²) < 4.78 is 38.9. The van der Waals surface area contributed by atoms with E-state index in [9.17, 15) is 18.0 Å². The Labute approximate surface area is 159 Å². The molecule has 1 saturated heterocycles. The van der Waals surface area contributed by atoms with Crippen molar-refractivity contribution in [2.45, 2.75) is 6.18 Å². The maximum Gasteiger partial charge on any atom is 0.417 e. The fourth-order valence-corrected chi connectivity index (χ4v) is 2.91. The number of hydrogen-bond acceptors (Lipinski definition) is 5. The molecule has 27 heavy (non-hydrogen) atoms. The third-order valence-corrected chi connectivity index (χ3v) is 4.55.